The third-order valence-corrected chi connectivity index (χ3v) is 5.39. The number of carbonyl (C=O) groups excluding carboxylic acids is 2. The number of nitrogens with zero attached hydrogens (tertiary/aromatic N) is 4. The van der Waals surface area contributed by atoms with Crippen LogP contribution in [0.1, 0.15) is 73.2 Å². The Balaban J connectivity index is 1.87. The molecule has 0 saturated carbocycles. The summed E-state index contributed by atoms with van der Waals surface area (Å²) in [6.45, 7) is 5.68. The average molecular weight is 332 g/mol. The third kappa shape index (κ3) is 3.19. The van der Waals surface area contributed by atoms with E-state index in [0.29, 0.717) is 11.3 Å². The fourth-order valence-electron chi connectivity index (χ4n) is 3.89. The molecule has 0 unspecified atom stereocenters. The fourth-order valence-corrected chi connectivity index (χ4v) is 3.89. The van der Waals surface area contributed by atoms with Crippen molar-refractivity contribution in [2.45, 2.75) is 64.5 Å². The van der Waals surface area contributed by atoms with Crippen molar-refractivity contribution in [3.05, 3.63) is 17.5 Å². The molecule has 3 heterocycles. The number of aryl methyl sites for hydroxylation is 1. The maximum absolute atomic E-state index is 13.0. The maximum Gasteiger partial charge on any atom is 0.275 e. The van der Waals surface area contributed by atoms with E-state index in [1.54, 1.807) is 17.9 Å². The van der Waals surface area contributed by atoms with Crippen molar-refractivity contribution in [3.8, 4) is 0 Å². The Bertz CT molecular complexity index is 573. The van der Waals surface area contributed by atoms with Crippen molar-refractivity contribution in [2.24, 2.45) is 7.05 Å². The summed E-state index contributed by atoms with van der Waals surface area (Å²) in [5.74, 6) is -0.154. The van der Waals surface area contributed by atoms with Crippen LogP contribution in [-0.2, 0) is 7.05 Å². The number of piperidine rings is 2. The number of carbonyl (C=O) groups is 2. The molecule has 0 N–H and O–H groups in total. The van der Waals surface area contributed by atoms with E-state index >= 15 is 0 Å². The summed E-state index contributed by atoms with van der Waals surface area (Å²) in [4.78, 5) is 29.8. The first-order chi connectivity index (χ1) is 11.5. The second-order valence-corrected chi connectivity index (χ2v) is 7.25. The molecular weight excluding hydrogens is 304 g/mol. The van der Waals surface area contributed by atoms with E-state index in [1.165, 1.54) is 0 Å². The van der Waals surface area contributed by atoms with Crippen LogP contribution in [0.3, 0.4) is 0 Å². The second kappa shape index (κ2) is 6.95. The smallest absolute Gasteiger partial charge is 0.275 e. The topological polar surface area (TPSA) is 58.4 Å². The van der Waals surface area contributed by atoms with E-state index < -0.39 is 0 Å². The Morgan fingerprint density at radius 2 is 1.50 bits per heavy atom. The maximum atomic E-state index is 13.0. The summed E-state index contributed by atoms with van der Waals surface area (Å²) in [5, 5.41) is 4.34. The zero-order chi connectivity index (χ0) is 17.3. The van der Waals surface area contributed by atoms with Gasteiger partial charge >= 0.3 is 0 Å². The van der Waals surface area contributed by atoms with E-state index in [-0.39, 0.29) is 23.9 Å². The van der Waals surface area contributed by atoms with Gasteiger partial charge in [-0.1, -0.05) is 0 Å². The highest BCUT2D eigenvalue weighted by Gasteiger charge is 2.33. The summed E-state index contributed by atoms with van der Waals surface area (Å²) in [6.07, 6.45) is 8.12. The highest BCUT2D eigenvalue weighted by molar-refractivity contribution is 6.06. The molecule has 0 aliphatic carbocycles. The van der Waals surface area contributed by atoms with E-state index in [1.807, 2.05) is 9.80 Å². The quantitative estimate of drug-likeness (QED) is 0.836. The van der Waals surface area contributed by atoms with Crippen LogP contribution in [0.15, 0.2) is 6.20 Å². The molecule has 2 aliphatic rings. The van der Waals surface area contributed by atoms with Gasteiger partial charge in [0.05, 0.1) is 5.56 Å². The molecule has 6 nitrogen and oxygen atoms in total. The first-order valence-electron chi connectivity index (χ1n) is 9.14. The van der Waals surface area contributed by atoms with E-state index in [2.05, 4.69) is 18.9 Å². The minimum Gasteiger partial charge on any atom is -0.336 e. The largest absolute Gasteiger partial charge is 0.336 e. The number of amides is 2. The van der Waals surface area contributed by atoms with Gasteiger partial charge in [-0.15, -0.1) is 0 Å². The molecule has 24 heavy (non-hydrogen) atoms. The van der Waals surface area contributed by atoms with Crippen LogP contribution >= 0.6 is 0 Å². The second-order valence-electron chi connectivity index (χ2n) is 7.25. The molecular formula is C18H28N4O2. The lowest BCUT2D eigenvalue weighted by Crippen LogP contribution is -2.44. The molecule has 0 bridgehead atoms. The van der Waals surface area contributed by atoms with Crippen LogP contribution in [0.5, 0.6) is 0 Å². The summed E-state index contributed by atoms with van der Waals surface area (Å²) in [5.41, 5.74) is 0.767. The van der Waals surface area contributed by atoms with Gasteiger partial charge in [0.1, 0.15) is 0 Å². The lowest BCUT2D eigenvalue weighted by atomic mass is 10.0. The van der Waals surface area contributed by atoms with Gasteiger partial charge in [-0.3, -0.25) is 14.3 Å². The lowest BCUT2D eigenvalue weighted by Gasteiger charge is -2.34. The van der Waals surface area contributed by atoms with Crippen molar-refractivity contribution in [1.82, 2.24) is 19.6 Å². The number of likely N-dealkylation sites (tertiary alicyclic amines) is 2. The van der Waals surface area contributed by atoms with E-state index in [4.69, 9.17) is 0 Å². The van der Waals surface area contributed by atoms with E-state index in [9.17, 15) is 9.59 Å². The predicted octanol–water partition coefficient (Wildman–Crippen LogP) is 2.45. The molecule has 1 aromatic heterocycles. The number of hydrogen-bond acceptors (Lipinski definition) is 3. The minimum atomic E-state index is -0.101. The van der Waals surface area contributed by atoms with E-state index in [0.717, 1.165) is 51.6 Å². The molecule has 0 radical (unpaired) electrons. The first-order valence-corrected chi connectivity index (χ1v) is 9.14. The van der Waals surface area contributed by atoms with Gasteiger partial charge in [0.25, 0.3) is 11.8 Å². The SMILES string of the molecule is C[C@@H]1CCCCN1C(=O)c1cn(C)nc1C(=O)N1CCCC[C@H]1C. The Hall–Kier alpha value is -1.85. The first kappa shape index (κ1) is 17.0. The Morgan fingerprint density at radius 3 is 2.04 bits per heavy atom. The highest BCUT2D eigenvalue weighted by atomic mass is 16.2. The van der Waals surface area contributed by atoms with Crippen LogP contribution in [0.4, 0.5) is 0 Å². The summed E-state index contributed by atoms with van der Waals surface area (Å²) < 4.78 is 1.59. The molecule has 3 rings (SSSR count). The Kier molecular flexibility index (Phi) is 4.92. The van der Waals surface area contributed by atoms with Gasteiger partial charge in [0, 0.05) is 38.4 Å². The van der Waals surface area contributed by atoms with Crippen LogP contribution in [0.25, 0.3) is 0 Å². The molecule has 2 atom stereocenters. The minimum absolute atomic E-state index is 0.0525. The molecule has 132 valence electrons. The number of aromatic nitrogens is 2. The monoisotopic (exact) mass is 332 g/mol. The zero-order valence-electron chi connectivity index (χ0n) is 15.0. The Labute approximate surface area is 143 Å². The third-order valence-electron chi connectivity index (χ3n) is 5.39. The van der Waals surface area contributed by atoms with Crippen molar-refractivity contribution in [2.75, 3.05) is 13.1 Å². The van der Waals surface area contributed by atoms with Gasteiger partial charge in [-0.25, -0.2) is 0 Å². The molecule has 2 amide bonds. The number of hydrogen-bond donors (Lipinski definition) is 0. The molecule has 2 aliphatic heterocycles. The van der Waals surface area contributed by atoms with Crippen molar-refractivity contribution >= 4 is 11.8 Å². The zero-order valence-corrected chi connectivity index (χ0v) is 15.0. The molecule has 2 saturated heterocycles. The highest BCUT2D eigenvalue weighted by Crippen LogP contribution is 2.23. The Morgan fingerprint density at radius 1 is 0.958 bits per heavy atom. The summed E-state index contributed by atoms with van der Waals surface area (Å²) in [6, 6.07) is 0.438. The van der Waals surface area contributed by atoms with Crippen LogP contribution < -0.4 is 0 Å². The van der Waals surface area contributed by atoms with Gasteiger partial charge in [-0.2, -0.15) is 5.10 Å². The van der Waals surface area contributed by atoms with Gasteiger partial charge < -0.3 is 9.80 Å². The fraction of sp³-hybridized carbons (Fsp3) is 0.722. The van der Waals surface area contributed by atoms with Gasteiger partial charge in [0.2, 0.25) is 0 Å². The van der Waals surface area contributed by atoms with Gasteiger partial charge in [-0.05, 0) is 52.4 Å². The average Bonchev–Trinajstić information content (AvgIpc) is 2.96. The summed E-state index contributed by atoms with van der Waals surface area (Å²) >= 11 is 0. The van der Waals surface area contributed by atoms with Gasteiger partial charge in [0.15, 0.2) is 5.69 Å². The normalized spacial score (nSPS) is 25.0. The summed E-state index contributed by atoms with van der Waals surface area (Å²) in [7, 11) is 1.77. The number of rotatable bonds is 2. The predicted molar refractivity (Wildman–Crippen MR) is 91.9 cm³/mol. The molecule has 6 heteroatoms. The van der Waals surface area contributed by atoms with Crippen LogP contribution in [0, 0.1) is 0 Å². The van der Waals surface area contributed by atoms with Crippen LogP contribution in [0.2, 0.25) is 0 Å². The molecule has 0 aromatic carbocycles. The van der Waals surface area contributed by atoms with Crippen LogP contribution in [-0.4, -0.2) is 56.6 Å². The van der Waals surface area contributed by atoms with Crippen molar-refractivity contribution < 1.29 is 9.59 Å². The standard InChI is InChI=1S/C18H28N4O2/c1-13-8-4-6-10-21(13)17(23)15-12-20(3)19-16(15)18(24)22-11-7-5-9-14(22)2/h12-14H,4-11H2,1-3H3/t13-,14-/m1/s1. The molecule has 1 aromatic rings. The molecule has 0 spiro atoms. The molecule has 2 fully saturated rings. The van der Waals surface area contributed by atoms with Crippen molar-refractivity contribution in [1.29, 1.82) is 0 Å². The van der Waals surface area contributed by atoms with Crippen molar-refractivity contribution in [3.63, 3.8) is 0 Å². The lowest BCUT2D eigenvalue weighted by molar-refractivity contribution is 0.0591.